The summed E-state index contributed by atoms with van der Waals surface area (Å²) in [6, 6.07) is 0. The number of ether oxygens (including phenoxy) is 2. The molecule has 0 spiro atoms. The molecule has 4 saturated carbocycles. The summed E-state index contributed by atoms with van der Waals surface area (Å²) in [7, 11) is 0. The number of aliphatic hydroxyl groups excluding tert-OH is 1. The van der Waals surface area contributed by atoms with Gasteiger partial charge in [-0.2, -0.15) is 0 Å². The van der Waals surface area contributed by atoms with Crippen molar-refractivity contribution in [3.8, 4) is 0 Å². The minimum Gasteiger partial charge on any atom is -0.463 e. The first-order valence-electron chi connectivity index (χ1n) is 19.8. The summed E-state index contributed by atoms with van der Waals surface area (Å²) in [5.41, 5.74) is 1.04. The molecule has 1 N–H and O–H groups in total. The lowest BCUT2D eigenvalue weighted by Gasteiger charge is -2.60. The maximum Gasteiger partial charge on any atom is 0.305 e. The summed E-state index contributed by atoms with van der Waals surface area (Å²) in [5, 5.41) is 10.2. The lowest BCUT2D eigenvalue weighted by Crippen LogP contribution is -2.52. The summed E-state index contributed by atoms with van der Waals surface area (Å²) >= 11 is 0. The highest BCUT2D eigenvalue weighted by Crippen LogP contribution is 2.67. The predicted molar refractivity (Wildman–Crippen MR) is 183 cm³/mol. The molecule has 4 aliphatic carbocycles. The largest absolute Gasteiger partial charge is 0.463 e. The first-order chi connectivity index (χ1) is 21.8. The number of hydrogen-bond acceptors (Lipinski definition) is 5. The highest BCUT2D eigenvalue weighted by Gasteiger charge is 2.59. The van der Waals surface area contributed by atoms with Gasteiger partial charge >= 0.3 is 11.9 Å². The zero-order valence-corrected chi connectivity index (χ0v) is 29.6. The van der Waals surface area contributed by atoms with Gasteiger partial charge in [0.25, 0.3) is 0 Å². The van der Waals surface area contributed by atoms with E-state index in [1.807, 2.05) is 0 Å². The van der Waals surface area contributed by atoms with Crippen LogP contribution in [0.2, 0.25) is 0 Å². The third-order valence-corrected chi connectivity index (χ3v) is 13.6. The van der Waals surface area contributed by atoms with Crippen molar-refractivity contribution in [3.05, 3.63) is 0 Å². The van der Waals surface area contributed by atoms with Crippen LogP contribution >= 0.6 is 0 Å². The SMILES string of the molecule is CCCCCCCCCCCCCC(=O)OCC(O)COC(=O)CCCC1CCC2C3CCC4CCCCC4(C)C3CCC12C. The smallest absolute Gasteiger partial charge is 0.305 e. The molecular weight excluding hydrogens is 560 g/mol. The van der Waals surface area contributed by atoms with Crippen LogP contribution in [0, 0.1) is 40.4 Å². The van der Waals surface area contributed by atoms with Crippen LogP contribution in [0.5, 0.6) is 0 Å². The van der Waals surface area contributed by atoms with Gasteiger partial charge in [0, 0.05) is 12.8 Å². The van der Waals surface area contributed by atoms with Crippen LogP contribution in [0.25, 0.3) is 0 Å². The van der Waals surface area contributed by atoms with Crippen LogP contribution < -0.4 is 0 Å². The Balaban J connectivity index is 1.02. The van der Waals surface area contributed by atoms with Crippen LogP contribution in [-0.2, 0) is 19.1 Å². The van der Waals surface area contributed by atoms with Crippen LogP contribution in [-0.4, -0.2) is 36.4 Å². The van der Waals surface area contributed by atoms with Crippen LogP contribution in [0.1, 0.15) is 181 Å². The number of fused-ring (bicyclic) bond motifs is 5. The molecule has 5 nitrogen and oxygen atoms in total. The fraction of sp³-hybridized carbons (Fsp3) is 0.950. The van der Waals surface area contributed by atoms with Gasteiger partial charge in [-0.15, -0.1) is 0 Å². The summed E-state index contributed by atoms with van der Waals surface area (Å²) in [5.74, 6) is 3.93. The van der Waals surface area contributed by atoms with E-state index < -0.39 is 6.10 Å². The number of hydrogen-bond donors (Lipinski definition) is 1. The Morgan fingerprint density at radius 2 is 1.27 bits per heavy atom. The molecule has 0 aliphatic heterocycles. The highest BCUT2D eigenvalue weighted by atomic mass is 16.6. The number of aliphatic hydroxyl groups is 1. The van der Waals surface area contributed by atoms with Gasteiger partial charge in [-0.25, -0.2) is 0 Å². The fourth-order valence-corrected chi connectivity index (χ4v) is 10.9. The molecule has 0 radical (unpaired) electrons. The summed E-state index contributed by atoms with van der Waals surface area (Å²) < 4.78 is 10.6. The zero-order chi connectivity index (χ0) is 32.1. The minimum absolute atomic E-state index is 0.101. The number of carbonyl (C=O) groups excluding carboxylic acids is 2. The fourth-order valence-electron chi connectivity index (χ4n) is 10.9. The van der Waals surface area contributed by atoms with E-state index >= 15 is 0 Å². The van der Waals surface area contributed by atoms with Gasteiger partial charge in [0.15, 0.2) is 0 Å². The number of rotatable bonds is 20. The molecule has 0 saturated heterocycles. The van der Waals surface area contributed by atoms with Crippen molar-refractivity contribution in [2.75, 3.05) is 13.2 Å². The van der Waals surface area contributed by atoms with Crippen molar-refractivity contribution in [3.63, 3.8) is 0 Å². The van der Waals surface area contributed by atoms with E-state index in [2.05, 4.69) is 20.8 Å². The second-order valence-corrected chi connectivity index (χ2v) is 16.4. The molecule has 4 fully saturated rings. The van der Waals surface area contributed by atoms with Crippen molar-refractivity contribution in [2.45, 2.75) is 187 Å². The quantitative estimate of drug-likeness (QED) is 0.107. The Bertz CT molecular complexity index is 888. The van der Waals surface area contributed by atoms with Gasteiger partial charge in [-0.3, -0.25) is 9.59 Å². The highest BCUT2D eigenvalue weighted by molar-refractivity contribution is 5.69. The van der Waals surface area contributed by atoms with Gasteiger partial charge in [0.2, 0.25) is 0 Å². The van der Waals surface area contributed by atoms with E-state index in [1.54, 1.807) is 0 Å². The molecule has 0 heterocycles. The molecule has 4 rings (SSSR count). The molecule has 0 aromatic carbocycles. The molecule has 5 heteroatoms. The molecule has 45 heavy (non-hydrogen) atoms. The first-order valence-corrected chi connectivity index (χ1v) is 19.8. The Labute approximate surface area is 276 Å². The molecule has 0 aromatic rings. The Morgan fingerprint density at radius 3 is 1.93 bits per heavy atom. The average molecular weight is 631 g/mol. The third-order valence-electron chi connectivity index (χ3n) is 13.6. The normalized spacial score (nSPS) is 33.1. The van der Waals surface area contributed by atoms with Crippen molar-refractivity contribution in [2.24, 2.45) is 40.4 Å². The Hall–Kier alpha value is -1.10. The van der Waals surface area contributed by atoms with Gasteiger partial charge in [0.1, 0.15) is 19.3 Å². The van der Waals surface area contributed by atoms with E-state index in [9.17, 15) is 14.7 Å². The van der Waals surface area contributed by atoms with Gasteiger partial charge in [-0.1, -0.05) is 97.8 Å². The molecule has 0 amide bonds. The Kier molecular flexibility index (Phi) is 15.1. The maximum atomic E-state index is 12.5. The lowest BCUT2D eigenvalue weighted by atomic mass is 9.45. The number of esters is 2. The van der Waals surface area contributed by atoms with E-state index in [-0.39, 0.29) is 25.2 Å². The average Bonchev–Trinajstić information content (AvgIpc) is 3.37. The minimum atomic E-state index is -0.957. The number of carbonyl (C=O) groups is 2. The van der Waals surface area contributed by atoms with Crippen LogP contribution in [0.3, 0.4) is 0 Å². The topological polar surface area (TPSA) is 72.8 Å². The molecular formula is C40H70O5. The van der Waals surface area contributed by atoms with Crippen LogP contribution in [0.15, 0.2) is 0 Å². The molecule has 0 aromatic heterocycles. The van der Waals surface area contributed by atoms with Crippen molar-refractivity contribution >= 4 is 11.9 Å². The van der Waals surface area contributed by atoms with Crippen molar-refractivity contribution < 1.29 is 24.2 Å². The maximum absolute atomic E-state index is 12.5. The van der Waals surface area contributed by atoms with Crippen molar-refractivity contribution in [1.29, 1.82) is 0 Å². The monoisotopic (exact) mass is 631 g/mol. The molecule has 8 unspecified atom stereocenters. The third kappa shape index (κ3) is 10.2. The standard InChI is InChI=1S/C40H70O5/c1-4-5-6-7-8-9-10-11-12-13-14-20-37(42)44-29-33(41)30-45-38(43)21-17-19-32-23-25-35-34-24-22-31-18-15-16-27-39(31,2)36(34)26-28-40(32,35)3/h31-36,41H,4-30H2,1-3H3. The Morgan fingerprint density at radius 1 is 0.667 bits per heavy atom. The zero-order valence-electron chi connectivity index (χ0n) is 29.6. The summed E-state index contributed by atoms with van der Waals surface area (Å²) in [6.07, 6.45) is 29.8. The first kappa shape index (κ1) is 36.7. The van der Waals surface area contributed by atoms with Crippen LogP contribution in [0.4, 0.5) is 0 Å². The summed E-state index contributed by atoms with van der Waals surface area (Å²) in [4.78, 5) is 24.5. The molecule has 4 aliphatic rings. The summed E-state index contributed by atoms with van der Waals surface area (Å²) in [6.45, 7) is 7.30. The van der Waals surface area contributed by atoms with Gasteiger partial charge in [0.05, 0.1) is 0 Å². The van der Waals surface area contributed by atoms with E-state index in [0.717, 1.165) is 55.3 Å². The predicted octanol–water partition coefficient (Wildman–Crippen LogP) is 10.4. The van der Waals surface area contributed by atoms with Gasteiger partial charge in [-0.05, 0) is 111 Å². The van der Waals surface area contributed by atoms with E-state index in [4.69, 9.17) is 9.47 Å². The second-order valence-electron chi connectivity index (χ2n) is 16.4. The van der Waals surface area contributed by atoms with E-state index in [1.165, 1.54) is 122 Å². The lowest BCUT2D eigenvalue weighted by molar-refractivity contribution is -0.152. The molecule has 8 atom stereocenters. The molecule has 0 bridgehead atoms. The van der Waals surface area contributed by atoms with Gasteiger partial charge < -0.3 is 14.6 Å². The van der Waals surface area contributed by atoms with E-state index in [0.29, 0.717) is 23.7 Å². The molecule has 260 valence electrons. The second kappa shape index (κ2) is 18.4. The van der Waals surface area contributed by atoms with Crippen molar-refractivity contribution in [1.82, 2.24) is 0 Å². The number of unbranched alkanes of at least 4 members (excludes halogenated alkanes) is 10.